The van der Waals surface area contributed by atoms with Crippen molar-refractivity contribution in [3.05, 3.63) is 22.1 Å². The zero-order chi connectivity index (χ0) is 12.6. The van der Waals surface area contributed by atoms with E-state index < -0.39 is 11.6 Å². The number of ether oxygens (including phenoxy) is 2. The first-order chi connectivity index (χ1) is 8.70. The van der Waals surface area contributed by atoms with Gasteiger partial charge in [0.15, 0.2) is 5.79 Å². The van der Waals surface area contributed by atoms with Gasteiger partial charge >= 0.3 is 0 Å². The van der Waals surface area contributed by atoms with Gasteiger partial charge in [0.1, 0.15) is 10.7 Å². The van der Waals surface area contributed by atoms with E-state index in [2.05, 4.69) is 0 Å². The first-order valence-corrected chi connectivity index (χ1v) is 6.88. The number of nitrogens with zero attached hydrogens (tertiary/aromatic N) is 1. The molecule has 98 valence electrons. The molecule has 3 heterocycles. The molecule has 0 atom stereocenters. The van der Waals surface area contributed by atoms with Crippen molar-refractivity contribution in [2.24, 2.45) is 0 Å². The highest BCUT2D eigenvalue weighted by molar-refractivity contribution is 7.12. The summed E-state index contributed by atoms with van der Waals surface area (Å²) in [5.41, 5.74) is 0. The first kappa shape index (κ1) is 12.1. The number of rotatable bonds is 1. The Hall–Kier alpha value is -0.980. The Morgan fingerprint density at radius 3 is 2.89 bits per heavy atom. The lowest BCUT2D eigenvalue weighted by Gasteiger charge is -2.38. The molecule has 1 aromatic heterocycles. The van der Waals surface area contributed by atoms with Gasteiger partial charge in [0.05, 0.1) is 19.8 Å². The predicted molar refractivity (Wildman–Crippen MR) is 64.0 cm³/mol. The molecule has 18 heavy (non-hydrogen) atoms. The van der Waals surface area contributed by atoms with Gasteiger partial charge in [-0.15, -0.1) is 11.3 Å². The Bertz CT molecular complexity index is 456. The van der Waals surface area contributed by atoms with Crippen LogP contribution in [-0.4, -0.2) is 42.9 Å². The van der Waals surface area contributed by atoms with E-state index in [0.29, 0.717) is 26.3 Å². The standard InChI is InChI=1S/C12H14FNO3S/c13-9-2-7-18-10(9)11(15)14-4-1-3-12(8-14)16-5-6-17-12/h2,7H,1,3-6,8H2. The number of hydrogen-bond donors (Lipinski definition) is 0. The Labute approximate surface area is 108 Å². The van der Waals surface area contributed by atoms with Gasteiger partial charge in [-0.2, -0.15) is 0 Å². The monoisotopic (exact) mass is 271 g/mol. The van der Waals surface area contributed by atoms with Gasteiger partial charge < -0.3 is 14.4 Å². The molecule has 2 aliphatic rings. The number of thiophene rings is 1. The molecule has 0 saturated carbocycles. The Morgan fingerprint density at radius 1 is 1.44 bits per heavy atom. The third-order valence-electron chi connectivity index (χ3n) is 3.33. The van der Waals surface area contributed by atoms with Crippen LogP contribution in [0, 0.1) is 5.82 Å². The van der Waals surface area contributed by atoms with Gasteiger partial charge in [0.2, 0.25) is 0 Å². The largest absolute Gasteiger partial charge is 0.346 e. The third kappa shape index (κ3) is 2.04. The lowest BCUT2D eigenvalue weighted by atomic mass is 10.0. The third-order valence-corrected chi connectivity index (χ3v) is 4.21. The average Bonchev–Trinajstić information content (AvgIpc) is 2.98. The summed E-state index contributed by atoms with van der Waals surface area (Å²) in [6.45, 7) is 2.15. The summed E-state index contributed by atoms with van der Waals surface area (Å²) in [6, 6.07) is 1.32. The number of amides is 1. The second-order valence-electron chi connectivity index (χ2n) is 4.54. The van der Waals surface area contributed by atoms with Gasteiger partial charge in [0, 0.05) is 13.0 Å². The van der Waals surface area contributed by atoms with Crippen LogP contribution in [0.1, 0.15) is 22.5 Å². The van der Waals surface area contributed by atoms with Crippen LogP contribution in [-0.2, 0) is 9.47 Å². The summed E-state index contributed by atoms with van der Waals surface area (Å²) in [5, 5.41) is 1.59. The van der Waals surface area contributed by atoms with Crippen molar-refractivity contribution < 1.29 is 18.7 Å². The lowest BCUT2D eigenvalue weighted by molar-refractivity contribution is -0.183. The molecular formula is C12H14FNO3S. The van der Waals surface area contributed by atoms with Crippen molar-refractivity contribution in [2.45, 2.75) is 18.6 Å². The zero-order valence-corrected chi connectivity index (χ0v) is 10.7. The van der Waals surface area contributed by atoms with E-state index >= 15 is 0 Å². The van der Waals surface area contributed by atoms with Crippen molar-refractivity contribution in [1.29, 1.82) is 0 Å². The molecule has 3 rings (SSSR count). The number of piperidine rings is 1. The maximum atomic E-state index is 13.4. The Kier molecular flexibility index (Phi) is 3.09. The fraction of sp³-hybridized carbons (Fsp3) is 0.583. The van der Waals surface area contributed by atoms with Crippen LogP contribution in [0.4, 0.5) is 4.39 Å². The maximum Gasteiger partial charge on any atom is 0.267 e. The molecule has 2 fully saturated rings. The first-order valence-electron chi connectivity index (χ1n) is 6.00. The minimum absolute atomic E-state index is 0.171. The summed E-state index contributed by atoms with van der Waals surface area (Å²) >= 11 is 1.13. The molecule has 1 aromatic rings. The maximum absolute atomic E-state index is 13.4. The fourth-order valence-electron chi connectivity index (χ4n) is 2.48. The summed E-state index contributed by atoms with van der Waals surface area (Å²) < 4.78 is 24.6. The SMILES string of the molecule is O=C(c1sccc1F)N1CCCC2(C1)OCCO2. The predicted octanol–water partition coefficient (Wildman–Crippen LogP) is 1.87. The van der Waals surface area contributed by atoms with Gasteiger partial charge in [-0.1, -0.05) is 0 Å². The van der Waals surface area contributed by atoms with E-state index in [1.807, 2.05) is 0 Å². The quantitative estimate of drug-likeness (QED) is 0.782. The molecule has 0 bridgehead atoms. The second kappa shape index (κ2) is 4.60. The average molecular weight is 271 g/mol. The van der Waals surface area contributed by atoms with Crippen molar-refractivity contribution in [3.8, 4) is 0 Å². The molecule has 6 heteroatoms. The van der Waals surface area contributed by atoms with Crippen molar-refractivity contribution in [3.63, 3.8) is 0 Å². The topological polar surface area (TPSA) is 38.8 Å². The zero-order valence-electron chi connectivity index (χ0n) is 9.86. The summed E-state index contributed by atoms with van der Waals surface area (Å²) in [7, 11) is 0. The summed E-state index contributed by atoms with van der Waals surface area (Å²) in [4.78, 5) is 14.0. The van der Waals surface area contributed by atoms with E-state index in [1.165, 1.54) is 6.07 Å². The number of carbonyl (C=O) groups excluding carboxylic acids is 1. The van der Waals surface area contributed by atoms with E-state index in [-0.39, 0.29) is 10.8 Å². The van der Waals surface area contributed by atoms with Crippen molar-refractivity contribution >= 4 is 17.2 Å². The number of hydrogen-bond acceptors (Lipinski definition) is 4. The number of likely N-dealkylation sites (tertiary alicyclic amines) is 1. The molecule has 1 spiro atoms. The highest BCUT2D eigenvalue weighted by Gasteiger charge is 2.42. The molecule has 0 unspecified atom stereocenters. The second-order valence-corrected chi connectivity index (χ2v) is 5.45. The molecule has 4 nitrogen and oxygen atoms in total. The van der Waals surface area contributed by atoms with Crippen LogP contribution in [0.5, 0.6) is 0 Å². The molecule has 0 aromatic carbocycles. The molecule has 2 saturated heterocycles. The fourth-order valence-corrected chi connectivity index (χ4v) is 3.22. The van der Waals surface area contributed by atoms with Crippen LogP contribution in [0.15, 0.2) is 11.4 Å². The molecule has 1 amide bonds. The van der Waals surface area contributed by atoms with Gasteiger partial charge in [-0.25, -0.2) is 4.39 Å². The van der Waals surface area contributed by atoms with E-state index in [0.717, 1.165) is 24.2 Å². The number of halogens is 1. The minimum Gasteiger partial charge on any atom is -0.346 e. The molecular weight excluding hydrogens is 257 g/mol. The number of carbonyl (C=O) groups is 1. The van der Waals surface area contributed by atoms with E-state index in [9.17, 15) is 9.18 Å². The van der Waals surface area contributed by atoms with E-state index in [4.69, 9.17) is 9.47 Å². The van der Waals surface area contributed by atoms with Crippen LogP contribution in [0.2, 0.25) is 0 Å². The Balaban J connectivity index is 1.76. The van der Waals surface area contributed by atoms with Crippen LogP contribution in [0.25, 0.3) is 0 Å². The van der Waals surface area contributed by atoms with Crippen molar-refractivity contribution in [2.75, 3.05) is 26.3 Å². The van der Waals surface area contributed by atoms with Crippen LogP contribution < -0.4 is 0 Å². The highest BCUT2D eigenvalue weighted by Crippen LogP contribution is 2.31. The summed E-state index contributed by atoms with van der Waals surface area (Å²) in [6.07, 6.45) is 1.61. The molecule has 0 aliphatic carbocycles. The van der Waals surface area contributed by atoms with Crippen molar-refractivity contribution in [1.82, 2.24) is 4.90 Å². The minimum atomic E-state index is -0.651. The normalized spacial score (nSPS) is 22.6. The molecule has 0 radical (unpaired) electrons. The Morgan fingerprint density at radius 2 is 2.22 bits per heavy atom. The highest BCUT2D eigenvalue weighted by atomic mass is 32.1. The lowest BCUT2D eigenvalue weighted by Crippen LogP contribution is -2.51. The summed E-state index contributed by atoms with van der Waals surface area (Å²) in [5.74, 6) is -1.36. The van der Waals surface area contributed by atoms with Gasteiger partial charge in [-0.05, 0) is 17.9 Å². The van der Waals surface area contributed by atoms with Crippen LogP contribution >= 0.6 is 11.3 Å². The molecule has 0 N–H and O–H groups in total. The van der Waals surface area contributed by atoms with Crippen LogP contribution in [0.3, 0.4) is 0 Å². The van der Waals surface area contributed by atoms with E-state index in [1.54, 1.807) is 10.3 Å². The van der Waals surface area contributed by atoms with Gasteiger partial charge in [-0.3, -0.25) is 4.79 Å². The smallest absolute Gasteiger partial charge is 0.267 e. The molecule has 2 aliphatic heterocycles. The van der Waals surface area contributed by atoms with Gasteiger partial charge in [0.25, 0.3) is 5.91 Å².